The molecule has 94 valence electrons. The fourth-order valence-electron chi connectivity index (χ4n) is 1.97. The van der Waals surface area contributed by atoms with Crippen molar-refractivity contribution in [1.82, 2.24) is 14.9 Å². The lowest BCUT2D eigenvalue weighted by atomic mass is 10.2. The van der Waals surface area contributed by atoms with Crippen molar-refractivity contribution in [2.75, 3.05) is 32.1 Å². The highest BCUT2D eigenvalue weighted by Gasteiger charge is 2.19. The molecule has 1 saturated heterocycles. The van der Waals surface area contributed by atoms with Crippen LogP contribution in [0.5, 0.6) is 0 Å². The number of nitrogens with one attached hydrogen (secondary N) is 1. The zero-order chi connectivity index (χ0) is 12.1. The maximum absolute atomic E-state index is 5.64. The van der Waals surface area contributed by atoms with Crippen molar-refractivity contribution in [2.24, 2.45) is 0 Å². The molecule has 0 radical (unpaired) electrons. The summed E-state index contributed by atoms with van der Waals surface area (Å²) in [7, 11) is 1.84. The number of nitrogens with zero attached hydrogens (tertiary/aromatic N) is 3. The van der Waals surface area contributed by atoms with Gasteiger partial charge in [0.05, 0.1) is 30.8 Å². The molecule has 0 amide bonds. The first-order chi connectivity index (χ1) is 8.31. The molecule has 1 aromatic rings. The van der Waals surface area contributed by atoms with E-state index in [4.69, 9.17) is 4.74 Å². The third-order valence-electron chi connectivity index (χ3n) is 3.03. The van der Waals surface area contributed by atoms with Gasteiger partial charge in [-0.25, -0.2) is 4.98 Å². The maximum atomic E-state index is 5.64. The van der Waals surface area contributed by atoms with E-state index < -0.39 is 0 Å². The fourth-order valence-corrected chi connectivity index (χ4v) is 1.97. The molecule has 0 bridgehead atoms. The highest BCUT2D eigenvalue weighted by molar-refractivity contribution is 5.29. The van der Waals surface area contributed by atoms with Crippen molar-refractivity contribution in [3.8, 4) is 0 Å². The molecule has 0 saturated carbocycles. The van der Waals surface area contributed by atoms with Gasteiger partial charge in [-0.3, -0.25) is 9.88 Å². The predicted octanol–water partition coefficient (Wildman–Crippen LogP) is 1.13. The normalized spacial score (nSPS) is 21.4. The van der Waals surface area contributed by atoms with Gasteiger partial charge in [0.1, 0.15) is 5.82 Å². The van der Waals surface area contributed by atoms with Gasteiger partial charge in [0.25, 0.3) is 0 Å². The second kappa shape index (κ2) is 5.93. The summed E-state index contributed by atoms with van der Waals surface area (Å²) in [5.74, 6) is 0.808. The molecule has 0 aliphatic carbocycles. The van der Waals surface area contributed by atoms with E-state index >= 15 is 0 Å². The van der Waals surface area contributed by atoms with Gasteiger partial charge in [-0.05, 0) is 6.42 Å². The Labute approximate surface area is 102 Å². The zero-order valence-electron chi connectivity index (χ0n) is 10.5. The van der Waals surface area contributed by atoms with E-state index in [2.05, 4.69) is 27.1 Å². The SMILES string of the molecule is CCC1CN(Cc2cnc(NC)cn2)CCO1. The Kier molecular flexibility index (Phi) is 4.28. The Bertz CT molecular complexity index is 341. The van der Waals surface area contributed by atoms with Crippen LogP contribution in [-0.4, -0.2) is 47.7 Å². The first-order valence-electron chi connectivity index (χ1n) is 6.14. The van der Waals surface area contributed by atoms with Gasteiger partial charge in [-0.1, -0.05) is 6.92 Å². The predicted molar refractivity (Wildman–Crippen MR) is 66.9 cm³/mol. The molecule has 1 aliphatic rings. The summed E-state index contributed by atoms with van der Waals surface area (Å²) in [5, 5.41) is 2.97. The Balaban J connectivity index is 1.90. The average molecular weight is 236 g/mol. The number of anilines is 1. The van der Waals surface area contributed by atoms with E-state index in [1.165, 1.54) is 0 Å². The summed E-state index contributed by atoms with van der Waals surface area (Å²) >= 11 is 0. The molecule has 0 aromatic carbocycles. The van der Waals surface area contributed by atoms with Crippen LogP contribution in [0.15, 0.2) is 12.4 Å². The number of morpholine rings is 1. The van der Waals surface area contributed by atoms with Gasteiger partial charge < -0.3 is 10.1 Å². The topological polar surface area (TPSA) is 50.3 Å². The minimum atomic E-state index is 0.369. The van der Waals surface area contributed by atoms with Crippen LogP contribution in [0.1, 0.15) is 19.0 Å². The summed E-state index contributed by atoms with van der Waals surface area (Å²) in [6.07, 6.45) is 5.05. The smallest absolute Gasteiger partial charge is 0.144 e. The van der Waals surface area contributed by atoms with Gasteiger partial charge >= 0.3 is 0 Å². The summed E-state index contributed by atoms with van der Waals surface area (Å²) in [4.78, 5) is 11.0. The van der Waals surface area contributed by atoms with Crippen LogP contribution < -0.4 is 5.32 Å². The zero-order valence-corrected chi connectivity index (χ0v) is 10.5. The second-order valence-corrected chi connectivity index (χ2v) is 4.28. The third kappa shape index (κ3) is 3.38. The van der Waals surface area contributed by atoms with Gasteiger partial charge in [0, 0.05) is 26.7 Å². The van der Waals surface area contributed by atoms with Crippen LogP contribution in [0.3, 0.4) is 0 Å². The summed E-state index contributed by atoms with van der Waals surface area (Å²) in [6.45, 7) is 5.81. The van der Waals surface area contributed by atoms with E-state index in [-0.39, 0.29) is 0 Å². The largest absolute Gasteiger partial charge is 0.376 e. The van der Waals surface area contributed by atoms with Gasteiger partial charge in [0.2, 0.25) is 0 Å². The summed E-state index contributed by atoms with van der Waals surface area (Å²) in [5.41, 5.74) is 1.01. The molecular weight excluding hydrogens is 216 g/mol. The average Bonchev–Trinajstić information content (AvgIpc) is 2.40. The van der Waals surface area contributed by atoms with Crippen molar-refractivity contribution in [2.45, 2.75) is 26.0 Å². The van der Waals surface area contributed by atoms with E-state index in [0.717, 1.165) is 44.2 Å². The first-order valence-corrected chi connectivity index (χ1v) is 6.14. The number of rotatable bonds is 4. The number of hydrogen-bond acceptors (Lipinski definition) is 5. The second-order valence-electron chi connectivity index (χ2n) is 4.28. The van der Waals surface area contributed by atoms with Crippen molar-refractivity contribution in [3.63, 3.8) is 0 Å². The highest BCUT2D eigenvalue weighted by atomic mass is 16.5. The maximum Gasteiger partial charge on any atom is 0.144 e. The van der Waals surface area contributed by atoms with Crippen molar-refractivity contribution < 1.29 is 4.74 Å². The molecule has 1 unspecified atom stereocenters. The molecule has 1 atom stereocenters. The monoisotopic (exact) mass is 236 g/mol. The Hall–Kier alpha value is -1.20. The Morgan fingerprint density at radius 1 is 1.47 bits per heavy atom. The molecule has 5 heteroatoms. The van der Waals surface area contributed by atoms with Crippen LogP contribution in [0, 0.1) is 0 Å². The number of hydrogen-bond donors (Lipinski definition) is 1. The Morgan fingerprint density at radius 2 is 2.35 bits per heavy atom. The van der Waals surface area contributed by atoms with E-state index in [0.29, 0.717) is 6.10 Å². The molecule has 1 fully saturated rings. The molecule has 17 heavy (non-hydrogen) atoms. The van der Waals surface area contributed by atoms with Crippen molar-refractivity contribution in [1.29, 1.82) is 0 Å². The molecule has 2 rings (SSSR count). The molecule has 1 N–H and O–H groups in total. The highest BCUT2D eigenvalue weighted by Crippen LogP contribution is 2.11. The lowest BCUT2D eigenvalue weighted by Crippen LogP contribution is -2.41. The van der Waals surface area contributed by atoms with E-state index in [1.54, 1.807) is 6.20 Å². The third-order valence-corrected chi connectivity index (χ3v) is 3.03. The first kappa shape index (κ1) is 12.3. The lowest BCUT2D eigenvalue weighted by molar-refractivity contribution is -0.0328. The standard InChI is InChI=1S/C12H20N4O/c1-3-11-9-16(4-5-17-11)8-10-6-15-12(13-2)7-14-10/h6-7,11H,3-5,8-9H2,1-2H3,(H,13,15). The van der Waals surface area contributed by atoms with Crippen molar-refractivity contribution >= 4 is 5.82 Å². The van der Waals surface area contributed by atoms with Crippen LogP contribution >= 0.6 is 0 Å². The minimum Gasteiger partial charge on any atom is -0.376 e. The van der Waals surface area contributed by atoms with Gasteiger partial charge in [-0.15, -0.1) is 0 Å². The van der Waals surface area contributed by atoms with Gasteiger partial charge in [-0.2, -0.15) is 0 Å². The molecule has 2 heterocycles. The van der Waals surface area contributed by atoms with Crippen molar-refractivity contribution in [3.05, 3.63) is 18.1 Å². The molecular formula is C12H20N4O. The van der Waals surface area contributed by atoms with E-state index in [9.17, 15) is 0 Å². The summed E-state index contributed by atoms with van der Waals surface area (Å²) < 4.78 is 5.64. The molecule has 5 nitrogen and oxygen atoms in total. The Morgan fingerprint density at radius 3 is 3.00 bits per heavy atom. The fraction of sp³-hybridized carbons (Fsp3) is 0.667. The van der Waals surface area contributed by atoms with E-state index in [1.807, 2.05) is 13.2 Å². The quantitative estimate of drug-likeness (QED) is 0.849. The lowest BCUT2D eigenvalue weighted by Gasteiger charge is -2.32. The number of aromatic nitrogens is 2. The van der Waals surface area contributed by atoms with Crippen LogP contribution in [0.25, 0.3) is 0 Å². The molecule has 1 aromatic heterocycles. The van der Waals surface area contributed by atoms with Crippen LogP contribution in [0.2, 0.25) is 0 Å². The minimum absolute atomic E-state index is 0.369. The molecule has 1 aliphatic heterocycles. The van der Waals surface area contributed by atoms with Gasteiger partial charge in [0.15, 0.2) is 0 Å². The van der Waals surface area contributed by atoms with Crippen LogP contribution in [0.4, 0.5) is 5.82 Å². The summed E-state index contributed by atoms with van der Waals surface area (Å²) in [6, 6.07) is 0. The molecule has 0 spiro atoms. The van der Waals surface area contributed by atoms with Crippen LogP contribution in [-0.2, 0) is 11.3 Å². The number of ether oxygens (including phenoxy) is 1.